The predicted octanol–water partition coefficient (Wildman–Crippen LogP) is 5.25. The van der Waals surface area contributed by atoms with Gasteiger partial charge in [-0.1, -0.05) is 41.9 Å². The molecule has 0 spiro atoms. The summed E-state index contributed by atoms with van der Waals surface area (Å²) in [7, 11) is 3.17. The lowest BCUT2D eigenvalue weighted by Crippen LogP contribution is -2.31. The van der Waals surface area contributed by atoms with Gasteiger partial charge in [0.15, 0.2) is 11.5 Å². The summed E-state index contributed by atoms with van der Waals surface area (Å²) in [4.78, 5) is 28.5. The summed E-state index contributed by atoms with van der Waals surface area (Å²) in [5, 5.41) is 0.933. The molecule has 172 valence electrons. The van der Waals surface area contributed by atoms with Crippen LogP contribution in [0.2, 0.25) is 5.02 Å². The average molecular weight is 476 g/mol. The Morgan fingerprint density at radius 2 is 1.74 bits per heavy atom. The van der Waals surface area contributed by atoms with Gasteiger partial charge in [-0.2, -0.15) is 0 Å². The third-order valence-electron chi connectivity index (χ3n) is 6.11. The van der Waals surface area contributed by atoms with E-state index in [0.29, 0.717) is 46.2 Å². The van der Waals surface area contributed by atoms with Crippen LogP contribution in [0.4, 0.5) is 0 Å². The second kappa shape index (κ2) is 8.88. The van der Waals surface area contributed by atoms with Crippen LogP contribution in [0.5, 0.6) is 11.5 Å². The summed E-state index contributed by atoms with van der Waals surface area (Å²) in [6, 6.07) is 19.4. The van der Waals surface area contributed by atoms with Crippen LogP contribution >= 0.6 is 11.6 Å². The molecule has 0 fully saturated rings. The lowest BCUT2D eigenvalue weighted by Gasteiger charge is -2.25. The van der Waals surface area contributed by atoms with Crippen molar-refractivity contribution in [3.05, 3.63) is 104 Å². The number of carbonyl (C=O) groups excluding carboxylic acids is 1. The van der Waals surface area contributed by atoms with Crippen molar-refractivity contribution in [1.29, 1.82) is 0 Å². The normalized spacial score (nSPS) is 15.0. The monoisotopic (exact) mass is 475 g/mol. The molecule has 6 nitrogen and oxygen atoms in total. The highest BCUT2D eigenvalue weighted by molar-refractivity contribution is 6.30. The second-order valence-corrected chi connectivity index (χ2v) is 8.50. The van der Waals surface area contributed by atoms with Gasteiger partial charge in [-0.3, -0.25) is 9.59 Å². The van der Waals surface area contributed by atoms with Gasteiger partial charge in [0, 0.05) is 11.6 Å². The quantitative estimate of drug-likeness (QED) is 0.381. The summed E-state index contributed by atoms with van der Waals surface area (Å²) in [5.74, 6) is 1.25. The molecule has 0 aliphatic carbocycles. The zero-order valence-electron chi connectivity index (χ0n) is 18.7. The van der Waals surface area contributed by atoms with Crippen LogP contribution in [0.1, 0.15) is 33.3 Å². The minimum absolute atomic E-state index is 0.0796. The highest BCUT2D eigenvalue weighted by Crippen LogP contribution is 2.39. The fourth-order valence-electron chi connectivity index (χ4n) is 4.48. The largest absolute Gasteiger partial charge is 0.493 e. The van der Waals surface area contributed by atoms with E-state index < -0.39 is 6.04 Å². The highest BCUT2D eigenvalue weighted by atomic mass is 35.5. The molecule has 4 aromatic rings. The molecule has 1 aromatic heterocycles. The van der Waals surface area contributed by atoms with Crippen molar-refractivity contribution in [3.8, 4) is 11.5 Å². The highest BCUT2D eigenvalue weighted by Gasteiger charge is 2.42. The van der Waals surface area contributed by atoms with E-state index in [9.17, 15) is 9.59 Å². The number of fused-ring (bicyclic) bond motifs is 2. The van der Waals surface area contributed by atoms with Crippen molar-refractivity contribution >= 4 is 28.5 Å². The number of para-hydroxylation sites is 1. The van der Waals surface area contributed by atoms with Gasteiger partial charge >= 0.3 is 0 Å². The molecule has 0 saturated carbocycles. The Balaban J connectivity index is 1.58. The van der Waals surface area contributed by atoms with Gasteiger partial charge in [0.25, 0.3) is 5.91 Å². The first-order valence-electron chi connectivity index (χ1n) is 10.8. The number of carbonyl (C=O) groups is 1. The van der Waals surface area contributed by atoms with Crippen LogP contribution in [0, 0.1) is 0 Å². The molecule has 1 unspecified atom stereocenters. The third-order valence-corrected chi connectivity index (χ3v) is 6.35. The summed E-state index contributed by atoms with van der Waals surface area (Å²) < 4.78 is 16.9. The van der Waals surface area contributed by atoms with Crippen LogP contribution < -0.4 is 14.9 Å². The standard InChI is InChI=1S/C27H22ClNO5/c1-32-21-11-10-16(14-22(21)33-2)12-13-29-24(17-6-5-7-18(28)15-17)26-23(27(29)31)25(30)19-8-3-4-9-20(19)34-26/h3-11,14-15,24H,12-13H2,1-2H3. The number of rotatable bonds is 6. The lowest BCUT2D eigenvalue weighted by molar-refractivity contribution is 0.0746. The number of hydrogen-bond acceptors (Lipinski definition) is 5. The fraction of sp³-hybridized carbons (Fsp3) is 0.185. The topological polar surface area (TPSA) is 69.0 Å². The van der Waals surface area contributed by atoms with Crippen LogP contribution in [-0.4, -0.2) is 31.6 Å². The SMILES string of the molecule is COc1ccc(CCN2C(=O)c3c(oc4ccccc4c3=O)C2c2cccc(Cl)c2)cc1OC. The maximum Gasteiger partial charge on any atom is 0.262 e. The van der Waals surface area contributed by atoms with Gasteiger partial charge in [-0.05, 0) is 53.9 Å². The number of ether oxygens (including phenoxy) is 2. The molecular weight excluding hydrogens is 454 g/mol. The summed E-state index contributed by atoms with van der Waals surface area (Å²) >= 11 is 6.27. The molecule has 0 radical (unpaired) electrons. The number of benzene rings is 3. The Hall–Kier alpha value is -3.77. The number of amides is 1. The molecule has 1 aliphatic heterocycles. The van der Waals surface area contributed by atoms with E-state index in [-0.39, 0.29) is 16.9 Å². The van der Waals surface area contributed by atoms with Gasteiger partial charge < -0.3 is 18.8 Å². The summed E-state index contributed by atoms with van der Waals surface area (Å²) in [6.07, 6.45) is 0.546. The van der Waals surface area contributed by atoms with E-state index in [0.717, 1.165) is 11.1 Å². The fourth-order valence-corrected chi connectivity index (χ4v) is 4.68. The second-order valence-electron chi connectivity index (χ2n) is 8.06. The minimum atomic E-state index is -0.557. The number of nitrogens with zero attached hydrogens (tertiary/aromatic N) is 1. The van der Waals surface area contributed by atoms with Crippen LogP contribution in [-0.2, 0) is 6.42 Å². The molecule has 7 heteroatoms. The maximum absolute atomic E-state index is 13.6. The van der Waals surface area contributed by atoms with Crippen LogP contribution in [0.15, 0.2) is 75.9 Å². The molecule has 2 heterocycles. The number of methoxy groups -OCH3 is 2. The molecule has 1 aliphatic rings. The first-order valence-corrected chi connectivity index (χ1v) is 11.2. The van der Waals surface area contributed by atoms with Crippen LogP contribution in [0.25, 0.3) is 11.0 Å². The van der Waals surface area contributed by atoms with E-state index in [4.69, 9.17) is 25.5 Å². The van der Waals surface area contributed by atoms with Gasteiger partial charge in [-0.15, -0.1) is 0 Å². The Bertz CT molecular complexity index is 1460. The van der Waals surface area contributed by atoms with Gasteiger partial charge in [0.2, 0.25) is 5.43 Å². The van der Waals surface area contributed by atoms with Crippen molar-refractivity contribution in [2.45, 2.75) is 12.5 Å². The van der Waals surface area contributed by atoms with E-state index in [1.54, 1.807) is 55.5 Å². The molecule has 0 N–H and O–H groups in total. The van der Waals surface area contributed by atoms with Gasteiger partial charge in [0.1, 0.15) is 22.9 Å². The van der Waals surface area contributed by atoms with Crippen molar-refractivity contribution in [3.63, 3.8) is 0 Å². The van der Waals surface area contributed by atoms with E-state index >= 15 is 0 Å². The van der Waals surface area contributed by atoms with Gasteiger partial charge in [0.05, 0.1) is 19.6 Å². The smallest absolute Gasteiger partial charge is 0.262 e. The molecule has 5 rings (SSSR count). The molecule has 0 saturated heterocycles. The average Bonchev–Trinajstić information content (AvgIpc) is 3.14. The zero-order chi connectivity index (χ0) is 23.8. The van der Waals surface area contributed by atoms with E-state index in [1.165, 1.54) is 0 Å². The predicted molar refractivity (Wildman–Crippen MR) is 130 cm³/mol. The van der Waals surface area contributed by atoms with Crippen LogP contribution in [0.3, 0.4) is 0 Å². The Labute approximate surface area is 201 Å². The Kier molecular flexibility index (Phi) is 5.75. The molecule has 3 aromatic carbocycles. The molecule has 1 amide bonds. The molecular formula is C27H22ClNO5. The summed E-state index contributed by atoms with van der Waals surface area (Å²) in [5.41, 5.74) is 1.97. The van der Waals surface area contributed by atoms with E-state index in [1.807, 2.05) is 30.3 Å². The van der Waals surface area contributed by atoms with E-state index in [2.05, 4.69) is 0 Å². The maximum atomic E-state index is 13.6. The van der Waals surface area contributed by atoms with Crippen molar-refractivity contribution in [2.24, 2.45) is 0 Å². The van der Waals surface area contributed by atoms with Crippen molar-refractivity contribution in [2.75, 3.05) is 20.8 Å². The number of hydrogen-bond donors (Lipinski definition) is 0. The third kappa shape index (κ3) is 3.70. The molecule has 0 bridgehead atoms. The van der Waals surface area contributed by atoms with Crippen molar-refractivity contribution in [1.82, 2.24) is 4.90 Å². The minimum Gasteiger partial charge on any atom is -0.493 e. The molecule has 1 atom stereocenters. The first kappa shape index (κ1) is 22.0. The Morgan fingerprint density at radius 3 is 2.50 bits per heavy atom. The van der Waals surface area contributed by atoms with Gasteiger partial charge in [-0.25, -0.2) is 0 Å². The zero-order valence-corrected chi connectivity index (χ0v) is 19.5. The lowest BCUT2D eigenvalue weighted by atomic mass is 10.0. The molecule has 34 heavy (non-hydrogen) atoms. The van der Waals surface area contributed by atoms with Crippen molar-refractivity contribution < 1.29 is 18.7 Å². The number of halogens is 1. The Morgan fingerprint density at radius 1 is 0.941 bits per heavy atom. The first-order chi connectivity index (χ1) is 16.5. The summed E-state index contributed by atoms with van der Waals surface area (Å²) in [6.45, 7) is 0.367.